The fourth-order valence-electron chi connectivity index (χ4n) is 1.38. The number of carbonyl (C=O) groups excluding carboxylic acids is 1. The molecule has 0 radical (unpaired) electrons. The van der Waals surface area contributed by atoms with Crippen LogP contribution < -0.4 is 5.73 Å². The molecule has 0 amide bonds. The number of pyridine rings is 1. The first-order chi connectivity index (χ1) is 8.90. The molecule has 0 saturated heterocycles. The Balaban J connectivity index is 2.77. The molecule has 3 nitrogen and oxygen atoms in total. The van der Waals surface area contributed by atoms with Crippen molar-refractivity contribution in [2.24, 2.45) is 0 Å². The van der Waals surface area contributed by atoms with E-state index in [1.807, 2.05) is 0 Å². The van der Waals surface area contributed by atoms with Crippen LogP contribution in [0.3, 0.4) is 0 Å². The van der Waals surface area contributed by atoms with Crippen LogP contribution in [-0.2, 0) is 0 Å². The van der Waals surface area contributed by atoms with Crippen molar-refractivity contribution >= 4 is 11.6 Å². The maximum atomic E-state index is 13.4. The van der Waals surface area contributed by atoms with Crippen molar-refractivity contribution in [1.82, 2.24) is 4.98 Å². The van der Waals surface area contributed by atoms with E-state index in [4.69, 9.17) is 5.73 Å². The van der Waals surface area contributed by atoms with E-state index in [1.165, 1.54) is 6.07 Å². The first-order valence-corrected chi connectivity index (χ1v) is 5.53. The Morgan fingerprint density at radius 2 is 2.16 bits per heavy atom. The summed E-state index contributed by atoms with van der Waals surface area (Å²) < 4.78 is 25.6. The summed E-state index contributed by atoms with van der Waals surface area (Å²) in [6, 6.07) is 3.13. The van der Waals surface area contributed by atoms with E-state index in [9.17, 15) is 13.6 Å². The molecule has 0 aliphatic carbocycles. The number of nitrogen functional groups attached to an aromatic ring is 1. The topological polar surface area (TPSA) is 56.0 Å². The van der Waals surface area contributed by atoms with Gasteiger partial charge in [-0.3, -0.25) is 4.79 Å². The molecule has 0 aliphatic heterocycles. The second kappa shape index (κ2) is 6.58. The Labute approximate surface area is 110 Å². The van der Waals surface area contributed by atoms with Crippen LogP contribution in [0, 0.1) is 6.92 Å². The Kier molecular flexibility index (Phi) is 5.11. The number of Topliss-reactive ketones (excluding diaryl/α,β-unsaturated/α-hetero) is 1. The molecule has 0 aromatic carbocycles. The summed E-state index contributed by atoms with van der Waals surface area (Å²) in [6.45, 7) is 4.72. The van der Waals surface area contributed by atoms with E-state index in [2.05, 4.69) is 11.6 Å². The third-order valence-electron chi connectivity index (χ3n) is 2.25. The largest absolute Gasteiger partial charge is 0.383 e. The van der Waals surface area contributed by atoms with Gasteiger partial charge in [-0.15, -0.1) is 0 Å². The lowest BCUT2D eigenvalue weighted by molar-refractivity contribution is 0.0987. The van der Waals surface area contributed by atoms with Crippen molar-refractivity contribution in [2.45, 2.75) is 13.3 Å². The first kappa shape index (κ1) is 14.8. The van der Waals surface area contributed by atoms with Gasteiger partial charge in [-0.25, -0.2) is 13.8 Å². The second-order valence-electron chi connectivity index (χ2n) is 3.90. The number of halogens is 2. The third kappa shape index (κ3) is 4.83. The third-order valence-corrected chi connectivity index (χ3v) is 2.25. The fraction of sp³-hybridized carbons (Fsp3) is 0.143. The highest BCUT2D eigenvalue weighted by Gasteiger charge is 2.12. The summed E-state index contributed by atoms with van der Waals surface area (Å²) in [7, 11) is 0. The quantitative estimate of drug-likeness (QED) is 0.654. The predicted molar refractivity (Wildman–Crippen MR) is 70.9 cm³/mol. The number of carbonyl (C=O) groups is 1. The average Bonchev–Trinajstić information content (AvgIpc) is 2.27. The lowest BCUT2D eigenvalue weighted by atomic mass is 10.1. The molecule has 2 N–H and O–H groups in total. The van der Waals surface area contributed by atoms with Crippen molar-refractivity contribution in [3.8, 4) is 0 Å². The number of rotatable bonds is 5. The molecule has 0 unspecified atom stereocenters. The van der Waals surface area contributed by atoms with Gasteiger partial charge in [0.1, 0.15) is 17.5 Å². The number of nitrogens with two attached hydrogens (primary N) is 1. The van der Waals surface area contributed by atoms with Crippen molar-refractivity contribution < 1.29 is 13.6 Å². The molecule has 1 heterocycles. The number of hydrogen-bond acceptors (Lipinski definition) is 3. The van der Waals surface area contributed by atoms with Crippen molar-refractivity contribution in [3.05, 3.63) is 59.9 Å². The highest BCUT2D eigenvalue weighted by molar-refractivity contribution is 6.01. The molecule has 1 rings (SSSR count). The van der Waals surface area contributed by atoms with Gasteiger partial charge in [0.25, 0.3) is 0 Å². The van der Waals surface area contributed by atoms with E-state index >= 15 is 0 Å². The minimum absolute atomic E-state index is 0.0745. The number of ketones is 1. The summed E-state index contributed by atoms with van der Waals surface area (Å²) in [5.74, 6) is -1.79. The maximum absolute atomic E-state index is 13.4. The molecule has 1 aromatic rings. The lowest BCUT2D eigenvalue weighted by Gasteiger charge is -2.03. The standard InChI is InChI=1S/C14H14F2N2O/c1-9(15)4-3-5-11(16)8-13(19)12-7-6-10(2)18-14(12)17/h3-7H,1,8H2,2H3,(H2,17,18)/b4-3-,11-5+. The van der Waals surface area contributed by atoms with Gasteiger partial charge in [0.05, 0.1) is 12.0 Å². The number of hydrogen-bond donors (Lipinski definition) is 1. The molecule has 0 atom stereocenters. The fourth-order valence-corrected chi connectivity index (χ4v) is 1.38. The molecular formula is C14H14F2N2O. The van der Waals surface area contributed by atoms with Crippen LogP contribution in [0.4, 0.5) is 14.6 Å². The van der Waals surface area contributed by atoms with E-state index in [0.29, 0.717) is 5.69 Å². The summed E-state index contributed by atoms with van der Waals surface area (Å²) in [5, 5.41) is 0. The summed E-state index contributed by atoms with van der Waals surface area (Å²) >= 11 is 0. The number of nitrogens with zero attached hydrogens (tertiary/aromatic N) is 1. The van der Waals surface area contributed by atoms with Crippen molar-refractivity contribution in [1.29, 1.82) is 0 Å². The highest BCUT2D eigenvalue weighted by atomic mass is 19.1. The van der Waals surface area contributed by atoms with Gasteiger partial charge in [-0.2, -0.15) is 0 Å². The first-order valence-electron chi connectivity index (χ1n) is 5.53. The van der Waals surface area contributed by atoms with Crippen LogP contribution in [0.5, 0.6) is 0 Å². The molecule has 1 aromatic heterocycles. The van der Waals surface area contributed by atoms with Crippen LogP contribution >= 0.6 is 0 Å². The van der Waals surface area contributed by atoms with Gasteiger partial charge >= 0.3 is 0 Å². The van der Waals surface area contributed by atoms with E-state index in [0.717, 1.165) is 18.2 Å². The number of anilines is 1. The van der Waals surface area contributed by atoms with Gasteiger partial charge in [-0.1, -0.05) is 12.7 Å². The van der Waals surface area contributed by atoms with Gasteiger partial charge in [0, 0.05) is 5.69 Å². The molecule has 0 aliphatic rings. The van der Waals surface area contributed by atoms with Gasteiger partial charge in [0.15, 0.2) is 5.78 Å². The zero-order valence-electron chi connectivity index (χ0n) is 10.5. The minimum atomic E-state index is -0.692. The van der Waals surface area contributed by atoms with Crippen molar-refractivity contribution in [3.63, 3.8) is 0 Å². The minimum Gasteiger partial charge on any atom is -0.383 e. The van der Waals surface area contributed by atoms with E-state index in [1.54, 1.807) is 13.0 Å². The van der Waals surface area contributed by atoms with Gasteiger partial charge in [0.2, 0.25) is 0 Å². The number of aryl methyl sites for hydroxylation is 1. The Morgan fingerprint density at radius 1 is 1.47 bits per heavy atom. The SMILES string of the molecule is C=C(F)/C=C\C=C(\F)CC(=O)c1ccc(C)nc1N. The summed E-state index contributed by atoms with van der Waals surface area (Å²) in [5.41, 5.74) is 6.44. The predicted octanol–water partition coefficient (Wildman–Crippen LogP) is 3.44. The van der Waals surface area contributed by atoms with E-state index < -0.39 is 23.9 Å². The molecule has 5 heteroatoms. The van der Waals surface area contributed by atoms with Gasteiger partial charge < -0.3 is 5.73 Å². The lowest BCUT2D eigenvalue weighted by Crippen LogP contribution is -2.06. The molecule has 0 saturated carbocycles. The smallest absolute Gasteiger partial charge is 0.173 e. The summed E-state index contributed by atoms with van der Waals surface area (Å²) in [4.78, 5) is 15.7. The van der Waals surface area contributed by atoms with E-state index in [-0.39, 0.29) is 11.4 Å². The van der Waals surface area contributed by atoms with Gasteiger partial charge in [-0.05, 0) is 31.2 Å². The molecular weight excluding hydrogens is 250 g/mol. The summed E-state index contributed by atoms with van der Waals surface area (Å²) in [6.07, 6.45) is 2.69. The molecule has 0 spiro atoms. The number of allylic oxidation sites excluding steroid dienone is 5. The zero-order valence-corrected chi connectivity index (χ0v) is 10.5. The van der Waals surface area contributed by atoms with Crippen molar-refractivity contribution in [2.75, 3.05) is 5.73 Å². The average molecular weight is 264 g/mol. The number of aromatic nitrogens is 1. The molecule has 100 valence electrons. The van der Waals surface area contributed by atoms with Crippen LogP contribution in [0.1, 0.15) is 22.5 Å². The Morgan fingerprint density at radius 3 is 2.74 bits per heavy atom. The second-order valence-corrected chi connectivity index (χ2v) is 3.90. The Hall–Kier alpha value is -2.30. The Bertz CT molecular complexity index is 563. The van der Waals surface area contributed by atoms with Crippen LogP contribution in [0.2, 0.25) is 0 Å². The van der Waals surface area contributed by atoms with Crippen LogP contribution in [0.25, 0.3) is 0 Å². The zero-order chi connectivity index (χ0) is 14.4. The molecule has 0 bridgehead atoms. The monoisotopic (exact) mass is 264 g/mol. The molecule has 0 fully saturated rings. The van der Waals surface area contributed by atoms with Crippen LogP contribution in [0.15, 0.2) is 48.6 Å². The normalized spacial score (nSPS) is 11.8. The highest BCUT2D eigenvalue weighted by Crippen LogP contribution is 2.16. The van der Waals surface area contributed by atoms with Crippen LogP contribution in [-0.4, -0.2) is 10.8 Å². The molecule has 19 heavy (non-hydrogen) atoms. The maximum Gasteiger partial charge on any atom is 0.173 e.